The van der Waals surface area contributed by atoms with E-state index in [9.17, 15) is 9.59 Å². The average molecular weight is 492 g/mol. The van der Waals surface area contributed by atoms with Crippen LogP contribution in [0.25, 0.3) is 0 Å². The summed E-state index contributed by atoms with van der Waals surface area (Å²) in [6, 6.07) is 0. The summed E-state index contributed by atoms with van der Waals surface area (Å²) in [6.07, 6.45) is 20.9. The number of hydrogen-bond donors (Lipinski definition) is 0. The van der Waals surface area contributed by atoms with E-state index in [2.05, 4.69) is 36.1 Å². The molecule has 6 atom stereocenters. The van der Waals surface area contributed by atoms with Gasteiger partial charge in [0.25, 0.3) is 0 Å². The summed E-state index contributed by atoms with van der Waals surface area (Å²) < 4.78 is 7.73. The number of fused-ring (bicyclic) bond motifs is 5. The van der Waals surface area contributed by atoms with Crippen molar-refractivity contribution in [1.29, 1.82) is 0 Å². The number of nitrogens with zero attached hydrogens (tertiary/aromatic N) is 3. The third-order valence-electron chi connectivity index (χ3n) is 10.9. The van der Waals surface area contributed by atoms with E-state index >= 15 is 0 Å². The molecule has 36 heavy (non-hydrogen) atoms. The minimum atomic E-state index is -0.0345. The minimum Gasteiger partial charge on any atom is -0.462 e. The molecule has 6 rings (SSSR count). The maximum absolute atomic E-state index is 13.3. The second-order valence-electron chi connectivity index (χ2n) is 12.7. The van der Waals surface area contributed by atoms with Crippen LogP contribution in [0, 0.1) is 34.5 Å². The van der Waals surface area contributed by atoms with Crippen LogP contribution in [0.1, 0.15) is 90.9 Å². The molecule has 5 aliphatic carbocycles. The first-order valence-corrected chi connectivity index (χ1v) is 14.3. The fraction of sp³-hybridized carbons (Fsp3) is 0.733. The fourth-order valence-corrected chi connectivity index (χ4v) is 8.87. The van der Waals surface area contributed by atoms with Crippen molar-refractivity contribution < 1.29 is 14.3 Å². The zero-order valence-electron chi connectivity index (χ0n) is 22.0. The molecule has 5 aliphatic rings. The highest BCUT2D eigenvalue weighted by atomic mass is 16.5. The van der Waals surface area contributed by atoms with Crippen LogP contribution < -0.4 is 0 Å². The molecule has 0 aromatic carbocycles. The van der Waals surface area contributed by atoms with Crippen LogP contribution in [0.4, 0.5) is 0 Å². The molecule has 6 nitrogen and oxygen atoms in total. The van der Waals surface area contributed by atoms with E-state index < -0.39 is 0 Å². The molecule has 0 N–H and O–H groups in total. The van der Waals surface area contributed by atoms with Gasteiger partial charge in [0.1, 0.15) is 25.3 Å². The second kappa shape index (κ2) is 9.25. The number of carbonyl (C=O) groups is 2. The van der Waals surface area contributed by atoms with Crippen LogP contribution in [-0.4, -0.2) is 32.6 Å². The summed E-state index contributed by atoms with van der Waals surface area (Å²) in [4.78, 5) is 30.0. The summed E-state index contributed by atoms with van der Waals surface area (Å²) in [7, 11) is 0. The van der Waals surface area contributed by atoms with E-state index in [1.54, 1.807) is 11.0 Å². The number of rotatable bonds is 5. The molecule has 1 heterocycles. The number of hydrogen-bond acceptors (Lipinski definition) is 5. The predicted molar refractivity (Wildman–Crippen MR) is 137 cm³/mol. The molecule has 194 valence electrons. The van der Waals surface area contributed by atoms with Crippen LogP contribution in [-0.2, 0) is 20.9 Å². The van der Waals surface area contributed by atoms with Crippen LogP contribution >= 0.6 is 0 Å². The summed E-state index contributed by atoms with van der Waals surface area (Å²) in [5.41, 5.74) is 2.73. The topological polar surface area (TPSA) is 74.1 Å². The van der Waals surface area contributed by atoms with Gasteiger partial charge in [-0.2, -0.15) is 5.10 Å². The first kappa shape index (κ1) is 24.1. The van der Waals surface area contributed by atoms with Gasteiger partial charge in [-0.3, -0.25) is 9.59 Å². The molecule has 0 bridgehead atoms. The number of ketones is 1. The normalized spacial score (nSPS) is 38.3. The number of aromatic nitrogens is 3. The third-order valence-corrected chi connectivity index (χ3v) is 10.9. The Kier molecular flexibility index (Phi) is 6.20. The van der Waals surface area contributed by atoms with E-state index in [-0.39, 0.29) is 41.1 Å². The highest BCUT2D eigenvalue weighted by Crippen LogP contribution is 2.65. The summed E-state index contributed by atoms with van der Waals surface area (Å²) in [6.45, 7) is 5.11. The zero-order chi connectivity index (χ0) is 24.9. The molecular weight excluding hydrogens is 450 g/mol. The lowest BCUT2D eigenvalue weighted by Gasteiger charge is -2.57. The molecule has 0 aliphatic heterocycles. The Labute approximate surface area is 215 Å². The fourth-order valence-electron chi connectivity index (χ4n) is 8.87. The van der Waals surface area contributed by atoms with Crippen LogP contribution in [0.3, 0.4) is 0 Å². The molecule has 3 fully saturated rings. The lowest BCUT2D eigenvalue weighted by atomic mass is 9.47. The van der Waals surface area contributed by atoms with Crippen molar-refractivity contribution in [3.63, 3.8) is 0 Å². The Morgan fingerprint density at radius 2 is 1.81 bits per heavy atom. The molecule has 1 aromatic rings. The highest BCUT2D eigenvalue weighted by Gasteiger charge is 2.57. The smallest absolute Gasteiger partial charge is 0.309 e. The van der Waals surface area contributed by atoms with E-state index in [0.717, 1.165) is 56.9 Å². The van der Waals surface area contributed by atoms with Crippen molar-refractivity contribution in [2.45, 2.75) is 104 Å². The first-order chi connectivity index (χ1) is 17.4. The van der Waals surface area contributed by atoms with Crippen molar-refractivity contribution in [3.05, 3.63) is 36.0 Å². The molecule has 0 spiro atoms. The lowest BCUT2D eigenvalue weighted by Crippen LogP contribution is -2.50. The van der Waals surface area contributed by atoms with Gasteiger partial charge in [-0.15, -0.1) is 0 Å². The van der Waals surface area contributed by atoms with Crippen molar-refractivity contribution in [2.24, 2.45) is 34.5 Å². The lowest BCUT2D eigenvalue weighted by molar-refractivity contribution is -0.157. The molecule has 0 radical (unpaired) electrons. The quantitative estimate of drug-likeness (QED) is 0.382. The van der Waals surface area contributed by atoms with Gasteiger partial charge >= 0.3 is 5.97 Å². The molecule has 6 heteroatoms. The summed E-state index contributed by atoms with van der Waals surface area (Å²) >= 11 is 0. The average Bonchev–Trinajstić information content (AvgIpc) is 3.52. The summed E-state index contributed by atoms with van der Waals surface area (Å²) in [5, 5.41) is 4.14. The predicted octanol–water partition coefficient (Wildman–Crippen LogP) is 5.84. The monoisotopic (exact) mass is 491 g/mol. The van der Waals surface area contributed by atoms with E-state index in [0.29, 0.717) is 17.8 Å². The first-order valence-electron chi connectivity index (χ1n) is 14.3. The van der Waals surface area contributed by atoms with Crippen LogP contribution in [0.15, 0.2) is 36.0 Å². The van der Waals surface area contributed by atoms with Gasteiger partial charge in [-0.1, -0.05) is 50.8 Å². The van der Waals surface area contributed by atoms with Crippen LogP contribution in [0.2, 0.25) is 0 Å². The zero-order valence-corrected chi connectivity index (χ0v) is 22.0. The van der Waals surface area contributed by atoms with Gasteiger partial charge in [0, 0.05) is 6.42 Å². The summed E-state index contributed by atoms with van der Waals surface area (Å²) in [5.74, 6) is 2.19. The van der Waals surface area contributed by atoms with E-state index in [1.165, 1.54) is 37.6 Å². The molecular formula is C30H41N3O3. The van der Waals surface area contributed by atoms with Crippen molar-refractivity contribution >= 4 is 11.8 Å². The Bertz CT molecular complexity index is 1070. The van der Waals surface area contributed by atoms with E-state index in [1.807, 2.05) is 0 Å². The van der Waals surface area contributed by atoms with Gasteiger partial charge in [0.05, 0.1) is 5.92 Å². The minimum absolute atomic E-state index is 0.0345. The van der Waals surface area contributed by atoms with Gasteiger partial charge < -0.3 is 4.74 Å². The highest BCUT2D eigenvalue weighted by molar-refractivity contribution is 5.97. The molecule has 3 saturated carbocycles. The van der Waals surface area contributed by atoms with Gasteiger partial charge in [-0.25, -0.2) is 9.67 Å². The van der Waals surface area contributed by atoms with Gasteiger partial charge in [0.2, 0.25) is 0 Å². The van der Waals surface area contributed by atoms with Crippen molar-refractivity contribution in [2.75, 3.05) is 0 Å². The largest absolute Gasteiger partial charge is 0.462 e. The van der Waals surface area contributed by atoms with Crippen molar-refractivity contribution in [1.82, 2.24) is 14.8 Å². The van der Waals surface area contributed by atoms with E-state index in [4.69, 9.17) is 4.74 Å². The number of ether oxygens (including phenoxy) is 1. The third kappa shape index (κ3) is 3.99. The Morgan fingerprint density at radius 3 is 2.58 bits per heavy atom. The molecule has 0 amide bonds. The number of Topliss-reactive ketones (excluding diaryl/α,β-unsaturated/α-hetero) is 1. The Hall–Kier alpha value is -2.24. The molecule has 0 saturated heterocycles. The van der Waals surface area contributed by atoms with Crippen molar-refractivity contribution in [3.8, 4) is 0 Å². The maximum atomic E-state index is 13.3. The molecule has 1 aromatic heterocycles. The maximum Gasteiger partial charge on any atom is 0.309 e. The Balaban J connectivity index is 1.14. The Morgan fingerprint density at radius 1 is 1.00 bits per heavy atom. The molecule has 0 unspecified atom stereocenters. The second-order valence-corrected chi connectivity index (χ2v) is 12.7. The SMILES string of the molecule is C[C@]12CC[C@H](OC(=O)C3CCCCC3)CC1=CC[C@@H]1[C@@H]2CC[C@]2(C)C(C(=O)Cn3cncn3)=CC[C@@H]12. The number of allylic oxidation sites excluding steroid dienone is 3. The van der Waals surface area contributed by atoms with Crippen LogP contribution in [0.5, 0.6) is 0 Å². The number of carbonyl (C=O) groups excluding carboxylic acids is 2. The van der Waals surface area contributed by atoms with Gasteiger partial charge in [-0.05, 0) is 85.5 Å². The standard InChI is InChI=1S/C30H41N3O3/c1-29-14-12-22(36-28(35)20-6-4-3-5-7-20)16-21(29)8-9-23-24-10-11-26(30(24,2)15-13-25(23)29)27(34)17-33-19-31-18-32-33/h8,11,18-20,22-25H,3-7,9-10,12-17H2,1-2H3/t22-,23-,24-,25-,29-,30-/m0/s1. The van der Waals surface area contributed by atoms with Gasteiger partial charge in [0.15, 0.2) is 5.78 Å². The number of esters is 1.